The van der Waals surface area contributed by atoms with E-state index in [9.17, 15) is 57.9 Å². The standard InChI is InChI=1S/C21H14F11N3O2/c1-9-7-11(18(23,20(27,28)29)21(30,31)32)8-12(19(24,25)26)15(9)35(3)17(37)13-5-4-6-14(34-13)33-10(2)16(22)36/h4-8H,2H2,1,3H3,(H,33,34). The van der Waals surface area contributed by atoms with Gasteiger partial charge in [-0.05, 0) is 30.7 Å². The Labute approximate surface area is 200 Å². The zero-order valence-electron chi connectivity index (χ0n) is 18.5. The van der Waals surface area contributed by atoms with Gasteiger partial charge in [0.05, 0.1) is 11.3 Å². The number of halogens is 11. The number of carbonyl (C=O) groups is 2. The number of carbonyl (C=O) groups excluding carboxylic acids is 2. The highest BCUT2D eigenvalue weighted by Gasteiger charge is 2.73. The molecule has 0 atom stereocenters. The van der Waals surface area contributed by atoms with Crippen LogP contribution < -0.4 is 10.2 Å². The topological polar surface area (TPSA) is 62.3 Å². The van der Waals surface area contributed by atoms with Gasteiger partial charge in [-0.1, -0.05) is 18.7 Å². The molecule has 1 aromatic heterocycles. The summed E-state index contributed by atoms with van der Waals surface area (Å²) in [6.07, 6.45) is -19.0. The SMILES string of the molecule is C=C(Nc1cccc(C(=O)N(C)c2c(C)cc(C(F)(C(F)(F)F)C(F)(F)F)cc2C(F)(F)F)n1)C(=O)F. The molecule has 1 amide bonds. The second-order valence-corrected chi connectivity index (χ2v) is 7.49. The van der Waals surface area contributed by atoms with Crippen molar-refractivity contribution < 1.29 is 57.9 Å². The Hall–Kier alpha value is -3.72. The molecular weight excluding hydrogens is 535 g/mol. The van der Waals surface area contributed by atoms with E-state index in [1.807, 2.05) is 0 Å². The maximum absolute atomic E-state index is 14.5. The molecular formula is C21H14F11N3O2. The van der Waals surface area contributed by atoms with Gasteiger partial charge in [0.2, 0.25) is 0 Å². The fourth-order valence-electron chi connectivity index (χ4n) is 3.23. The first-order valence-electron chi connectivity index (χ1n) is 9.58. The monoisotopic (exact) mass is 549 g/mol. The molecule has 1 heterocycles. The van der Waals surface area contributed by atoms with E-state index in [0.29, 0.717) is 14.0 Å². The lowest BCUT2D eigenvalue weighted by Gasteiger charge is -2.32. The molecule has 0 aliphatic rings. The number of hydrogen-bond donors (Lipinski definition) is 1. The van der Waals surface area contributed by atoms with E-state index in [-0.39, 0.29) is 16.8 Å². The Morgan fingerprint density at radius 1 is 0.946 bits per heavy atom. The smallest absolute Gasteiger partial charge is 0.335 e. The van der Waals surface area contributed by atoms with E-state index >= 15 is 0 Å². The predicted molar refractivity (Wildman–Crippen MR) is 107 cm³/mol. The number of anilines is 2. The van der Waals surface area contributed by atoms with Crippen LogP contribution in [0.3, 0.4) is 0 Å². The highest BCUT2D eigenvalue weighted by Crippen LogP contribution is 2.54. The minimum absolute atomic E-state index is 0.0996. The second-order valence-electron chi connectivity index (χ2n) is 7.49. The van der Waals surface area contributed by atoms with Crippen molar-refractivity contribution in [2.75, 3.05) is 17.3 Å². The number of allylic oxidation sites excluding steroid dienone is 1. The Morgan fingerprint density at radius 2 is 1.49 bits per heavy atom. The molecule has 5 nitrogen and oxygen atoms in total. The molecule has 0 spiro atoms. The van der Waals surface area contributed by atoms with Gasteiger partial charge < -0.3 is 10.2 Å². The maximum Gasteiger partial charge on any atom is 0.435 e. The fraction of sp³-hybridized carbons (Fsp3) is 0.286. The summed E-state index contributed by atoms with van der Waals surface area (Å²) < 4.78 is 147. The Kier molecular flexibility index (Phi) is 7.68. The summed E-state index contributed by atoms with van der Waals surface area (Å²) in [5.74, 6) is -1.70. The Balaban J connectivity index is 2.68. The van der Waals surface area contributed by atoms with Crippen molar-refractivity contribution in [3.05, 3.63) is 65.0 Å². The van der Waals surface area contributed by atoms with Crippen molar-refractivity contribution in [3.63, 3.8) is 0 Å². The quantitative estimate of drug-likeness (QED) is 0.258. The molecule has 2 aromatic rings. The van der Waals surface area contributed by atoms with Crippen molar-refractivity contribution in [1.82, 2.24) is 4.98 Å². The van der Waals surface area contributed by atoms with E-state index in [1.165, 1.54) is 0 Å². The number of rotatable bonds is 6. The number of hydrogen-bond acceptors (Lipinski definition) is 4. The lowest BCUT2D eigenvalue weighted by molar-refractivity contribution is -0.348. The number of aryl methyl sites for hydroxylation is 1. The number of benzene rings is 1. The van der Waals surface area contributed by atoms with Crippen LogP contribution in [0.5, 0.6) is 0 Å². The number of aromatic nitrogens is 1. The minimum Gasteiger partial charge on any atom is -0.335 e. The molecule has 0 bridgehead atoms. The van der Waals surface area contributed by atoms with Crippen LogP contribution in [0, 0.1) is 6.92 Å². The number of nitrogens with zero attached hydrogens (tertiary/aromatic N) is 2. The summed E-state index contributed by atoms with van der Waals surface area (Å²) in [6, 6.07) is 0.412. The molecule has 0 aliphatic carbocycles. The minimum atomic E-state index is -6.67. The van der Waals surface area contributed by atoms with Crippen molar-refractivity contribution in [2.24, 2.45) is 0 Å². The molecule has 1 N–H and O–H groups in total. The molecule has 0 unspecified atom stereocenters. The van der Waals surface area contributed by atoms with Crippen LogP contribution in [0.25, 0.3) is 0 Å². The number of pyridine rings is 1. The van der Waals surface area contributed by atoms with Crippen LogP contribution in [0.4, 0.5) is 59.8 Å². The van der Waals surface area contributed by atoms with Gasteiger partial charge in [0.1, 0.15) is 17.2 Å². The van der Waals surface area contributed by atoms with Crippen molar-refractivity contribution in [3.8, 4) is 0 Å². The van der Waals surface area contributed by atoms with E-state index < -0.39 is 76.0 Å². The zero-order chi connectivity index (χ0) is 28.7. The Bertz CT molecular complexity index is 1220. The molecule has 0 radical (unpaired) electrons. The van der Waals surface area contributed by atoms with E-state index in [1.54, 1.807) is 0 Å². The van der Waals surface area contributed by atoms with Gasteiger partial charge in [-0.2, -0.15) is 43.9 Å². The number of amides is 1. The Morgan fingerprint density at radius 3 is 1.95 bits per heavy atom. The summed E-state index contributed by atoms with van der Waals surface area (Å²) in [6.45, 7) is 3.68. The van der Waals surface area contributed by atoms with Gasteiger partial charge >= 0.3 is 30.2 Å². The van der Waals surface area contributed by atoms with Crippen LogP contribution in [0.15, 0.2) is 42.6 Å². The van der Waals surface area contributed by atoms with Gasteiger partial charge in [-0.3, -0.25) is 9.59 Å². The van der Waals surface area contributed by atoms with E-state index in [0.717, 1.165) is 18.2 Å². The molecule has 202 valence electrons. The van der Waals surface area contributed by atoms with Crippen LogP contribution in [-0.2, 0) is 16.6 Å². The first-order valence-corrected chi connectivity index (χ1v) is 9.58. The summed E-state index contributed by atoms with van der Waals surface area (Å²) in [5, 5.41) is 2.08. The van der Waals surface area contributed by atoms with Crippen LogP contribution in [0.1, 0.15) is 27.2 Å². The summed E-state index contributed by atoms with van der Waals surface area (Å²) in [4.78, 5) is 27.4. The lowest BCUT2D eigenvalue weighted by atomic mass is 9.89. The second kappa shape index (κ2) is 9.63. The average Bonchev–Trinajstić information content (AvgIpc) is 2.74. The van der Waals surface area contributed by atoms with Crippen molar-refractivity contribution >= 4 is 23.4 Å². The van der Waals surface area contributed by atoms with Crippen LogP contribution in [0.2, 0.25) is 0 Å². The van der Waals surface area contributed by atoms with E-state index in [4.69, 9.17) is 0 Å². The third kappa shape index (κ3) is 5.67. The van der Waals surface area contributed by atoms with Crippen molar-refractivity contribution in [2.45, 2.75) is 31.1 Å². The normalized spacial score (nSPS) is 12.8. The van der Waals surface area contributed by atoms with Crippen LogP contribution >= 0.6 is 0 Å². The summed E-state index contributed by atoms with van der Waals surface area (Å²) in [7, 11) is 0.710. The van der Waals surface area contributed by atoms with Gasteiger partial charge in [0.25, 0.3) is 5.91 Å². The molecule has 0 aliphatic heterocycles. The first kappa shape index (κ1) is 29.5. The number of alkyl halides is 10. The third-order valence-electron chi connectivity index (χ3n) is 4.91. The third-order valence-corrected chi connectivity index (χ3v) is 4.91. The molecule has 37 heavy (non-hydrogen) atoms. The molecule has 1 aromatic carbocycles. The van der Waals surface area contributed by atoms with Gasteiger partial charge in [0, 0.05) is 12.6 Å². The fourth-order valence-corrected chi connectivity index (χ4v) is 3.23. The van der Waals surface area contributed by atoms with Gasteiger partial charge in [-0.15, -0.1) is 0 Å². The van der Waals surface area contributed by atoms with Gasteiger partial charge in [0.15, 0.2) is 0 Å². The molecule has 2 rings (SSSR count). The zero-order valence-corrected chi connectivity index (χ0v) is 18.5. The molecule has 16 heteroatoms. The van der Waals surface area contributed by atoms with Crippen LogP contribution in [-0.4, -0.2) is 36.3 Å². The lowest BCUT2D eigenvalue weighted by Crippen LogP contribution is -2.50. The molecule has 0 saturated carbocycles. The van der Waals surface area contributed by atoms with Gasteiger partial charge in [-0.25, -0.2) is 9.37 Å². The van der Waals surface area contributed by atoms with Crippen molar-refractivity contribution in [1.29, 1.82) is 0 Å². The van der Waals surface area contributed by atoms with E-state index in [2.05, 4.69) is 16.9 Å². The highest BCUT2D eigenvalue weighted by molar-refractivity contribution is 6.05. The maximum atomic E-state index is 14.5. The molecule has 0 fully saturated rings. The first-order chi connectivity index (χ1) is 16.6. The predicted octanol–water partition coefficient (Wildman–Crippen LogP) is 6.40. The summed E-state index contributed by atoms with van der Waals surface area (Å²) in [5.41, 5.74) is -14.3. The summed E-state index contributed by atoms with van der Waals surface area (Å²) >= 11 is 0. The highest BCUT2D eigenvalue weighted by atomic mass is 19.4. The molecule has 0 saturated heterocycles. The largest absolute Gasteiger partial charge is 0.435 e. The average molecular weight is 549 g/mol. The number of nitrogens with one attached hydrogen (secondary N) is 1.